The van der Waals surface area contributed by atoms with Crippen molar-refractivity contribution in [2.24, 2.45) is 5.73 Å². The molecule has 2 rings (SSSR count). The van der Waals surface area contributed by atoms with Crippen molar-refractivity contribution in [3.05, 3.63) is 29.8 Å². The molecule has 5 heteroatoms. The Morgan fingerprint density at radius 2 is 2.11 bits per heavy atom. The Kier molecular flexibility index (Phi) is 3.74. The lowest BCUT2D eigenvalue weighted by molar-refractivity contribution is -0.121. The van der Waals surface area contributed by atoms with Crippen molar-refractivity contribution in [1.29, 1.82) is 0 Å². The summed E-state index contributed by atoms with van der Waals surface area (Å²) in [5, 5.41) is 0. The quantitative estimate of drug-likeness (QED) is 0.877. The Balaban J connectivity index is 2.24. The van der Waals surface area contributed by atoms with Crippen molar-refractivity contribution in [2.45, 2.75) is 18.9 Å². The summed E-state index contributed by atoms with van der Waals surface area (Å²) < 4.78 is 0. The number of nitrogens with zero attached hydrogens (tertiary/aromatic N) is 2. The van der Waals surface area contributed by atoms with Crippen molar-refractivity contribution in [3.63, 3.8) is 0 Å². The second-order valence-corrected chi connectivity index (χ2v) is 5.00. The number of carbonyl (C=O) groups excluding carboxylic acids is 2. The predicted octanol–water partition coefficient (Wildman–Crippen LogP) is 0.842. The van der Waals surface area contributed by atoms with Crippen LogP contribution in [0.25, 0.3) is 0 Å². The van der Waals surface area contributed by atoms with Gasteiger partial charge in [0.15, 0.2) is 0 Å². The highest BCUT2D eigenvalue weighted by atomic mass is 16.2. The molecule has 0 aromatic heterocycles. The molecule has 1 fully saturated rings. The van der Waals surface area contributed by atoms with E-state index in [1.807, 2.05) is 37.2 Å². The smallest absolute Gasteiger partial charge is 0.254 e. The number of hydrogen-bond acceptors (Lipinski definition) is 3. The van der Waals surface area contributed by atoms with Crippen LogP contribution < -0.4 is 10.6 Å². The number of carbonyl (C=O) groups is 2. The minimum atomic E-state index is -0.462. The van der Waals surface area contributed by atoms with Crippen LogP contribution in [0.15, 0.2) is 24.3 Å². The molecule has 2 amide bonds. The third kappa shape index (κ3) is 2.70. The number of likely N-dealkylation sites (tertiary alicyclic amines) is 1. The lowest BCUT2D eigenvalue weighted by Gasteiger charge is -2.23. The molecule has 0 saturated carbocycles. The van der Waals surface area contributed by atoms with E-state index in [2.05, 4.69) is 0 Å². The summed E-state index contributed by atoms with van der Waals surface area (Å²) in [6, 6.07) is 6.92. The van der Waals surface area contributed by atoms with E-state index in [1.165, 1.54) is 0 Å². The summed E-state index contributed by atoms with van der Waals surface area (Å²) >= 11 is 0. The molecule has 0 radical (unpaired) electrons. The van der Waals surface area contributed by atoms with Crippen LogP contribution in [-0.4, -0.2) is 43.4 Å². The van der Waals surface area contributed by atoms with Crippen molar-refractivity contribution in [2.75, 3.05) is 25.5 Å². The Hall–Kier alpha value is -2.04. The van der Waals surface area contributed by atoms with Crippen molar-refractivity contribution >= 4 is 17.5 Å². The van der Waals surface area contributed by atoms with Gasteiger partial charge in [-0.2, -0.15) is 0 Å². The van der Waals surface area contributed by atoms with Gasteiger partial charge in [-0.3, -0.25) is 9.59 Å². The Morgan fingerprint density at radius 3 is 2.74 bits per heavy atom. The first-order valence-electron chi connectivity index (χ1n) is 6.38. The normalized spacial score (nSPS) is 18.4. The Morgan fingerprint density at radius 1 is 1.37 bits per heavy atom. The minimum Gasteiger partial charge on any atom is -0.378 e. The Bertz CT molecular complexity index is 499. The maximum Gasteiger partial charge on any atom is 0.254 e. The molecule has 1 aliphatic heterocycles. The van der Waals surface area contributed by atoms with Gasteiger partial charge < -0.3 is 15.5 Å². The highest BCUT2D eigenvalue weighted by Crippen LogP contribution is 2.21. The van der Waals surface area contributed by atoms with E-state index >= 15 is 0 Å². The van der Waals surface area contributed by atoms with Crippen LogP contribution in [0.4, 0.5) is 5.69 Å². The van der Waals surface area contributed by atoms with Crippen molar-refractivity contribution in [1.82, 2.24) is 4.90 Å². The molecule has 1 aromatic carbocycles. The maximum absolute atomic E-state index is 12.4. The molecule has 1 saturated heterocycles. The number of amides is 2. The average Bonchev–Trinajstić information content (AvgIpc) is 2.87. The van der Waals surface area contributed by atoms with Gasteiger partial charge in [0.1, 0.15) is 6.04 Å². The molecule has 0 aliphatic carbocycles. The molecule has 1 heterocycles. The number of benzene rings is 1. The molecule has 0 spiro atoms. The van der Waals surface area contributed by atoms with Crippen LogP contribution in [0.1, 0.15) is 23.2 Å². The molecule has 102 valence electrons. The number of anilines is 1. The fourth-order valence-corrected chi connectivity index (χ4v) is 2.39. The fourth-order valence-electron chi connectivity index (χ4n) is 2.39. The van der Waals surface area contributed by atoms with Gasteiger partial charge in [0.2, 0.25) is 5.91 Å². The first-order chi connectivity index (χ1) is 9.00. The zero-order chi connectivity index (χ0) is 14.0. The molecule has 1 atom stereocenters. The van der Waals surface area contributed by atoms with E-state index in [0.29, 0.717) is 18.5 Å². The molecule has 2 N–H and O–H groups in total. The molecule has 1 aromatic rings. The second kappa shape index (κ2) is 5.30. The Labute approximate surface area is 113 Å². The lowest BCUT2D eigenvalue weighted by Crippen LogP contribution is -2.43. The van der Waals surface area contributed by atoms with Gasteiger partial charge in [0.05, 0.1) is 0 Å². The lowest BCUT2D eigenvalue weighted by atomic mass is 10.1. The monoisotopic (exact) mass is 261 g/mol. The molecule has 0 bridgehead atoms. The first kappa shape index (κ1) is 13.4. The summed E-state index contributed by atoms with van der Waals surface area (Å²) in [4.78, 5) is 27.3. The van der Waals surface area contributed by atoms with E-state index in [4.69, 9.17) is 5.73 Å². The van der Waals surface area contributed by atoms with Crippen LogP contribution in [0.5, 0.6) is 0 Å². The van der Waals surface area contributed by atoms with Crippen LogP contribution >= 0.6 is 0 Å². The van der Waals surface area contributed by atoms with E-state index in [-0.39, 0.29) is 5.91 Å². The summed E-state index contributed by atoms with van der Waals surface area (Å²) in [5.41, 5.74) is 6.90. The third-order valence-electron chi connectivity index (χ3n) is 3.45. The van der Waals surface area contributed by atoms with Gasteiger partial charge in [0.25, 0.3) is 5.91 Å². The van der Waals surface area contributed by atoms with E-state index < -0.39 is 11.9 Å². The molecular weight excluding hydrogens is 242 g/mol. The molecule has 1 unspecified atom stereocenters. The zero-order valence-electron chi connectivity index (χ0n) is 11.3. The highest BCUT2D eigenvalue weighted by molar-refractivity contribution is 5.98. The van der Waals surface area contributed by atoms with Gasteiger partial charge in [-0.15, -0.1) is 0 Å². The number of nitrogens with two attached hydrogens (primary N) is 1. The summed E-state index contributed by atoms with van der Waals surface area (Å²) in [7, 11) is 3.84. The fraction of sp³-hybridized carbons (Fsp3) is 0.429. The van der Waals surface area contributed by atoms with E-state index in [1.54, 1.807) is 11.0 Å². The highest BCUT2D eigenvalue weighted by Gasteiger charge is 2.33. The SMILES string of the molecule is CN(C)c1cccc(C(=O)N2CCCC2C(N)=O)c1. The average molecular weight is 261 g/mol. The zero-order valence-corrected chi connectivity index (χ0v) is 11.3. The topological polar surface area (TPSA) is 66.6 Å². The summed E-state index contributed by atoms with van der Waals surface area (Å²) in [5.74, 6) is -0.542. The molecule has 5 nitrogen and oxygen atoms in total. The van der Waals surface area contributed by atoms with Crippen LogP contribution in [0.3, 0.4) is 0 Å². The predicted molar refractivity (Wildman–Crippen MR) is 74.0 cm³/mol. The minimum absolute atomic E-state index is 0.120. The summed E-state index contributed by atoms with van der Waals surface area (Å²) in [6.45, 7) is 0.596. The molecular formula is C14H19N3O2. The number of primary amides is 1. The van der Waals surface area contributed by atoms with Gasteiger partial charge in [-0.1, -0.05) is 6.07 Å². The van der Waals surface area contributed by atoms with Gasteiger partial charge in [0, 0.05) is 31.9 Å². The van der Waals surface area contributed by atoms with Crippen molar-refractivity contribution < 1.29 is 9.59 Å². The summed E-state index contributed by atoms with van der Waals surface area (Å²) in [6.07, 6.45) is 1.49. The largest absolute Gasteiger partial charge is 0.378 e. The first-order valence-corrected chi connectivity index (χ1v) is 6.38. The van der Waals surface area contributed by atoms with Gasteiger partial charge in [-0.05, 0) is 31.0 Å². The maximum atomic E-state index is 12.4. The van der Waals surface area contributed by atoms with E-state index in [0.717, 1.165) is 12.1 Å². The van der Waals surface area contributed by atoms with Crippen LogP contribution in [0, 0.1) is 0 Å². The van der Waals surface area contributed by atoms with Gasteiger partial charge >= 0.3 is 0 Å². The van der Waals surface area contributed by atoms with Crippen molar-refractivity contribution in [3.8, 4) is 0 Å². The van der Waals surface area contributed by atoms with Gasteiger partial charge in [-0.25, -0.2) is 0 Å². The third-order valence-corrected chi connectivity index (χ3v) is 3.45. The standard InChI is InChI=1S/C14H19N3O2/c1-16(2)11-6-3-5-10(9-11)14(19)17-8-4-7-12(17)13(15)18/h3,5-6,9,12H,4,7-8H2,1-2H3,(H2,15,18). The second-order valence-electron chi connectivity index (χ2n) is 5.00. The van der Waals surface area contributed by atoms with Crippen LogP contribution in [-0.2, 0) is 4.79 Å². The number of hydrogen-bond donors (Lipinski definition) is 1. The number of rotatable bonds is 3. The van der Waals surface area contributed by atoms with Crippen LogP contribution in [0.2, 0.25) is 0 Å². The molecule has 19 heavy (non-hydrogen) atoms. The molecule has 1 aliphatic rings. The van der Waals surface area contributed by atoms with E-state index in [9.17, 15) is 9.59 Å².